The quantitative estimate of drug-likeness (QED) is 0.127. The van der Waals surface area contributed by atoms with E-state index < -0.39 is 0 Å². The first kappa shape index (κ1) is 33.0. The molecule has 4 aromatic heterocycles. The van der Waals surface area contributed by atoms with Crippen molar-refractivity contribution in [3.05, 3.63) is 151 Å². The number of benzene rings is 3. The van der Waals surface area contributed by atoms with Crippen molar-refractivity contribution in [2.24, 2.45) is 0 Å². The maximum Gasteiger partial charge on any atom is 0.224 e. The van der Waals surface area contributed by atoms with Gasteiger partial charge in [0.15, 0.2) is 0 Å². The number of fused-ring (bicyclic) bond motifs is 1. The zero-order chi connectivity index (χ0) is 34.8. The van der Waals surface area contributed by atoms with Crippen LogP contribution in [0.15, 0.2) is 140 Å². The van der Waals surface area contributed by atoms with Crippen molar-refractivity contribution in [1.82, 2.24) is 24.7 Å². The van der Waals surface area contributed by atoms with Gasteiger partial charge in [0.05, 0.1) is 46.9 Å². The van der Waals surface area contributed by atoms with Gasteiger partial charge >= 0.3 is 0 Å². The topological polar surface area (TPSA) is 115 Å². The molecule has 3 aromatic carbocycles. The summed E-state index contributed by atoms with van der Waals surface area (Å²) < 4.78 is 1.82. The molecular weight excluding hydrogens is 635 g/mol. The molecule has 0 saturated carbocycles. The Balaban J connectivity index is 0.864. The van der Waals surface area contributed by atoms with Crippen LogP contribution < -0.4 is 10.6 Å². The molecular formula is C42H37N7O2. The summed E-state index contributed by atoms with van der Waals surface area (Å²) in [6.07, 6.45) is 14.5. The Bertz CT molecular complexity index is 2250. The molecule has 9 nitrogen and oxygen atoms in total. The summed E-state index contributed by atoms with van der Waals surface area (Å²) in [6, 6.07) is 34.3. The average molecular weight is 672 g/mol. The van der Waals surface area contributed by atoms with E-state index in [0.717, 1.165) is 70.2 Å². The van der Waals surface area contributed by atoms with Crippen molar-refractivity contribution in [2.75, 3.05) is 10.6 Å². The van der Waals surface area contributed by atoms with E-state index in [9.17, 15) is 9.59 Å². The summed E-state index contributed by atoms with van der Waals surface area (Å²) in [5, 5.41) is 11.5. The number of para-hydroxylation sites is 1. The van der Waals surface area contributed by atoms with E-state index in [0.29, 0.717) is 24.2 Å². The van der Waals surface area contributed by atoms with Gasteiger partial charge in [-0.15, -0.1) is 0 Å². The summed E-state index contributed by atoms with van der Waals surface area (Å²) in [4.78, 5) is 38.1. The molecule has 4 heterocycles. The molecule has 0 radical (unpaired) electrons. The van der Waals surface area contributed by atoms with Crippen LogP contribution in [0, 0.1) is 0 Å². The van der Waals surface area contributed by atoms with Crippen LogP contribution in [0.1, 0.15) is 36.8 Å². The van der Waals surface area contributed by atoms with Crippen molar-refractivity contribution in [3.8, 4) is 28.1 Å². The minimum atomic E-state index is -0.0368. The number of carbonyl (C=O) groups is 2. The third kappa shape index (κ3) is 8.76. The summed E-state index contributed by atoms with van der Waals surface area (Å²) in [5.41, 5.74) is 9.45. The molecule has 0 aliphatic heterocycles. The standard InChI is InChI=1S/C42H37N7O2/c50-41(47-36-11-6-22-43-27-36)15-5-9-31-8-3-12-38(23-31)49-29-35(26-46-49)40-21-20-37(28-45-40)48-42(51)14-4-7-30-16-18-32(19-17-30)34-24-33-10-1-2-13-39(33)44-25-34/h1-3,6,8,10-13,16-29H,4-5,7,9,14-15H2,(H,47,50)(H,48,51). The molecule has 252 valence electrons. The highest BCUT2D eigenvalue weighted by atomic mass is 16.2. The van der Waals surface area contributed by atoms with Gasteiger partial charge in [0.1, 0.15) is 0 Å². The Morgan fingerprint density at radius 2 is 1.39 bits per heavy atom. The zero-order valence-corrected chi connectivity index (χ0v) is 28.1. The molecule has 0 spiro atoms. The lowest BCUT2D eigenvalue weighted by Gasteiger charge is -2.07. The van der Waals surface area contributed by atoms with Gasteiger partial charge in [-0.25, -0.2) is 4.68 Å². The number of aryl methyl sites for hydroxylation is 2. The average Bonchev–Trinajstić information content (AvgIpc) is 3.67. The van der Waals surface area contributed by atoms with Crippen molar-refractivity contribution < 1.29 is 9.59 Å². The van der Waals surface area contributed by atoms with Crippen molar-refractivity contribution in [2.45, 2.75) is 38.5 Å². The summed E-state index contributed by atoms with van der Waals surface area (Å²) in [5.74, 6) is -0.0622. The Hall–Kier alpha value is -6.48. The summed E-state index contributed by atoms with van der Waals surface area (Å²) in [6.45, 7) is 0. The lowest BCUT2D eigenvalue weighted by atomic mass is 10.0. The highest BCUT2D eigenvalue weighted by Crippen LogP contribution is 2.24. The minimum Gasteiger partial charge on any atom is -0.325 e. The molecule has 0 aliphatic rings. The Labute approximate surface area is 296 Å². The molecule has 7 rings (SSSR count). The zero-order valence-electron chi connectivity index (χ0n) is 28.1. The number of nitrogens with zero attached hydrogens (tertiary/aromatic N) is 5. The molecule has 0 atom stereocenters. The Morgan fingerprint density at radius 1 is 0.608 bits per heavy atom. The van der Waals surface area contributed by atoms with Crippen molar-refractivity contribution in [1.29, 1.82) is 0 Å². The maximum absolute atomic E-state index is 12.7. The van der Waals surface area contributed by atoms with Crippen LogP contribution in [0.3, 0.4) is 0 Å². The number of amides is 2. The number of anilines is 2. The number of nitrogens with one attached hydrogen (secondary N) is 2. The SMILES string of the molecule is O=C(CCCc1cccc(-n2cc(-c3ccc(NC(=O)CCCc4ccc(-c5cnc6ccccc6c5)cc4)cn3)cn2)c1)Nc1cccnc1. The van der Waals surface area contributed by atoms with Gasteiger partial charge in [0.2, 0.25) is 11.8 Å². The Morgan fingerprint density at radius 3 is 2.16 bits per heavy atom. The van der Waals surface area contributed by atoms with Gasteiger partial charge in [0.25, 0.3) is 0 Å². The van der Waals surface area contributed by atoms with Gasteiger partial charge in [-0.05, 0) is 90.9 Å². The fourth-order valence-electron chi connectivity index (χ4n) is 5.97. The van der Waals surface area contributed by atoms with E-state index in [1.165, 1.54) is 5.56 Å². The lowest BCUT2D eigenvalue weighted by Crippen LogP contribution is -2.11. The predicted molar refractivity (Wildman–Crippen MR) is 201 cm³/mol. The van der Waals surface area contributed by atoms with Crippen LogP contribution in [-0.4, -0.2) is 36.5 Å². The normalized spacial score (nSPS) is 11.0. The lowest BCUT2D eigenvalue weighted by molar-refractivity contribution is -0.117. The van der Waals surface area contributed by atoms with E-state index in [2.05, 4.69) is 79.2 Å². The molecule has 0 saturated heterocycles. The van der Waals surface area contributed by atoms with Crippen LogP contribution in [0.5, 0.6) is 0 Å². The monoisotopic (exact) mass is 671 g/mol. The summed E-state index contributed by atoms with van der Waals surface area (Å²) >= 11 is 0. The fraction of sp³-hybridized carbons (Fsp3) is 0.143. The first-order valence-electron chi connectivity index (χ1n) is 17.1. The Kier molecular flexibility index (Phi) is 10.2. The molecule has 2 amide bonds. The second-order valence-corrected chi connectivity index (χ2v) is 12.4. The summed E-state index contributed by atoms with van der Waals surface area (Å²) in [7, 11) is 0. The van der Waals surface area contributed by atoms with Gasteiger partial charge in [-0.1, -0.05) is 54.6 Å². The van der Waals surface area contributed by atoms with Crippen LogP contribution in [0.4, 0.5) is 11.4 Å². The number of aromatic nitrogens is 5. The minimum absolute atomic E-state index is 0.0254. The van der Waals surface area contributed by atoms with Crippen molar-refractivity contribution >= 4 is 34.1 Å². The molecule has 7 aromatic rings. The van der Waals surface area contributed by atoms with Crippen LogP contribution in [0.25, 0.3) is 39.0 Å². The highest BCUT2D eigenvalue weighted by molar-refractivity contribution is 5.91. The van der Waals surface area contributed by atoms with E-state index in [-0.39, 0.29) is 11.8 Å². The molecule has 0 aliphatic carbocycles. The molecule has 2 N–H and O–H groups in total. The molecule has 9 heteroatoms. The third-order valence-electron chi connectivity index (χ3n) is 8.66. The van der Waals surface area contributed by atoms with Gasteiger partial charge in [-0.3, -0.25) is 24.5 Å². The smallest absolute Gasteiger partial charge is 0.224 e. The molecule has 0 bridgehead atoms. The van der Waals surface area contributed by atoms with E-state index >= 15 is 0 Å². The van der Waals surface area contributed by atoms with E-state index in [1.807, 2.05) is 65.6 Å². The van der Waals surface area contributed by atoms with Crippen molar-refractivity contribution in [3.63, 3.8) is 0 Å². The first-order chi connectivity index (χ1) is 25.1. The highest BCUT2D eigenvalue weighted by Gasteiger charge is 2.09. The number of hydrogen-bond acceptors (Lipinski definition) is 6. The maximum atomic E-state index is 12.7. The predicted octanol–water partition coefficient (Wildman–Crippen LogP) is 8.47. The molecule has 0 unspecified atom stereocenters. The second kappa shape index (κ2) is 15.8. The van der Waals surface area contributed by atoms with Gasteiger partial charge < -0.3 is 10.6 Å². The van der Waals surface area contributed by atoms with Gasteiger partial charge in [0, 0.05) is 47.9 Å². The largest absolute Gasteiger partial charge is 0.325 e. The van der Waals surface area contributed by atoms with E-state index in [1.54, 1.807) is 30.9 Å². The second-order valence-electron chi connectivity index (χ2n) is 12.4. The molecule has 51 heavy (non-hydrogen) atoms. The van der Waals surface area contributed by atoms with Crippen LogP contribution in [0.2, 0.25) is 0 Å². The number of carbonyl (C=O) groups excluding carboxylic acids is 2. The van der Waals surface area contributed by atoms with Crippen LogP contribution in [-0.2, 0) is 22.4 Å². The van der Waals surface area contributed by atoms with E-state index in [4.69, 9.17) is 0 Å². The number of pyridine rings is 3. The molecule has 0 fully saturated rings. The fourth-order valence-corrected chi connectivity index (χ4v) is 5.97. The third-order valence-corrected chi connectivity index (χ3v) is 8.66. The number of hydrogen-bond donors (Lipinski definition) is 2. The number of rotatable bonds is 13. The van der Waals surface area contributed by atoms with Crippen LogP contribution >= 0.6 is 0 Å². The first-order valence-corrected chi connectivity index (χ1v) is 17.1. The van der Waals surface area contributed by atoms with Gasteiger partial charge in [-0.2, -0.15) is 5.10 Å².